The quantitative estimate of drug-likeness (QED) is 0.539. The first-order valence-electron chi connectivity index (χ1n) is 9.96. The highest BCUT2D eigenvalue weighted by atomic mass is 32.2. The van der Waals surface area contributed by atoms with Crippen molar-refractivity contribution in [3.8, 4) is 5.75 Å². The minimum Gasteiger partial charge on any atom is -0.497 e. The molecule has 0 saturated heterocycles. The number of ether oxygens (including phenoxy) is 1. The minimum atomic E-state index is -0.322. The summed E-state index contributed by atoms with van der Waals surface area (Å²) in [6.07, 6.45) is 2.92. The molecule has 2 aromatic heterocycles. The van der Waals surface area contributed by atoms with Crippen LogP contribution in [0.5, 0.6) is 5.75 Å². The third-order valence-corrected chi connectivity index (χ3v) is 5.92. The average molecular weight is 442 g/mol. The van der Waals surface area contributed by atoms with Crippen LogP contribution in [0.1, 0.15) is 37.1 Å². The second kappa shape index (κ2) is 9.25. The van der Waals surface area contributed by atoms with Crippen LogP contribution >= 0.6 is 11.8 Å². The molecule has 0 spiro atoms. The lowest BCUT2D eigenvalue weighted by Gasteiger charge is -2.19. The molecule has 3 aromatic rings. The molecule has 1 atom stereocenters. The van der Waals surface area contributed by atoms with Crippen LogP contribution in [0.25, 0.3) is 0 Å². The maximum absolute atomic E-state index is 13.1. The Morgan fingerprint density at radius 3 is 2.81 bits per heavy atom. The van der Waals surface area contributed by atoms with Crippen LogP contribution in [0, 0.1) is 0 Å². The van der Waals surface area contributed by atoms with Crippen LogP contribution < -0.4 is 10.4 Å². The molecule has 1 N–H and O–H groups in total. The van der Waals surface area contributed by atoms with Gasteiger partial charge in [-0.25, -0.2) is 14.9 Å². The normalized spacial score (nSPS) is 15.9. The molecule has 0 fully saturated rings. The van der Waals surface area contributed by atoms with Crippen molar-refractivity contribution in [2.24, 2.45) is 5.10 Å². The summed E-state index contributed by atoms with van der Waals surface area (Å²) >= 11 is 1.22. The predicted octanol–water partition coefficient (Wildman–Crippen LogP) is 3.05. The van der Waals surface area contributed by atoms with Gasteiger partial charge in [0.25, 0.3) is 5.91 Å². The number of hydrogen-bond acceptors (Lipinski definition) is 7. The number of aromatic amines is 1. The number of carbonyl (C=O) groups is 1. The third-order valence-electron chi connectivity index (χ3n) is 4.96. The van der Waals surface area contributed by atoms with E-state index < -0.39 is 0 Å². The Hall–Kier alpha value is -3.27. The number of hydrogen-bond donors (Lipinski definition) is 1. The van der Waals surface area contributed by atoms with Crippen LogP contribution in [-0.2, 0) is 11.3 Å². The minimum absolute atomic E-state index is 0.102. The van der Waals surface area contributed by atoms with Crippen molar-refractivity contribution in [1.82, 2.24) is 19.8 Å². The molecule has 31 heavy (non-hydrogen) atoms. The van der Waals surface area contributed by atoms with E-state index in [1.807, 2.05) is 37.3 Å². The first-order valence-corrected chi connectivity index (χ1v) is 10.9. The molecule has 9 nitrogen and oxygen atoms in total. The summed E-state index contributed by atoms with van der Waals surface area (Å²) in [4.78, 5) is 25.0. The molecule has 3 heterocycles. The third kappa shape index (κ3) is 4.43. The lowest BCUT2D eigenvalue weighted by molar-refractivity contribution is -0.130. The number of H-pyrrole nitrogens is 1. The van der Waals surface area contributed by atoms with Crippen LogP contribution in [0.3, 0.4) is 0 Å². The molecule has 1 aromatic carbocycles. The molecule has 0 aliphatic carbocycles. The number of aromatic nitrogens is 3. The summed E-state index contributed by atoms with van der Waals surface area (Å²) in [5.74, 6) is 1.35. The van der Waals surface area contributed by atoms with E-state index in [9.17, 15) is 9.59 Å². The standard InChI is InChI=1S/C21H23N5O4S/c1-3-10-25-20(28)22-23-21(25)31-13-19(27)26-17(18-5-4-11-30-18)12-16(24-26)14-6-8-15(29-2)9-7-14/h4-9,11,17H,3,10,12-13H2,1-2H3,(H,22,28)/t17-/m0/s1. The van der Waals surface area contributed by atoms with Crippen LogP contribution in [-0.4, -0.2) is 44.3 Å². The van der Waals surface area contributed by atoms with Crippen LogP contribution in [0.2, 0.25) is 0 Å². The van der Waals surface area contributed by atoms with Gasteiger partial charge in [-0.1, -0.05) is 18.7 Å². The highest BCUT2D eigenvalue weighted by Crippen LogP contribution is 2.34. The predicted molar refractivity (Wildman–Crippen MR) is 116 cm³/mol. The van der Waals surface area contributed by atoms with E-state index >= 15 is 0 Å². The average Bonchev–Trinajstić information content (AvgIpc) is 3.53. The van der Waals surface area contributed by atoms with Gasteiger partial charge in [-0.15, -0.1) is 5.10 Å². The summed E-state index contributed by atoms with van der Waals surface area (Å²) in [5.41, 5.74) is 1.45. The summed E-state index contributed by atoms with van der Waals surface area (Å²) < 4.78 is 12.3. The molecular formula is C21H23N5O4S. The van der Waals surface area contributed by atoms with Gasteiger partial charge in [0.1, 0.15) is 17.6 Å². The fourth-order valence-corrected chi connectivity index (χ4v) is 4.25. The Labute approximate surface area is 183 Å². The maximum atomic E-state index is 13.1. The van der Waals surface area contributed by atoms with Gasteiger partial charge >= 0.3 is 5.69 Å². The van der Waals surface area contributed by atoms with Gasteiger partial charge < -0.3 is 9.15 Å². The van der Waals surface area contributed by atoms with E-state index in [0.717, 1.165) is 23.4 Å². The first kappa shape index (κ1) is 21.0. The summed E-state index contributed by atoms with van der Waals surface area (Å²) in [5, 5.41) is 13.1. The molecule has 0 radical (unpaired) electrons. The Morgan fingerprint density at radius 2 is 2.13 bits per heavy atom. The van der Waals surface area contributed by atoms with Gasteiger partial charge in [-0.05, 0) is 48.4 Å². The second-order valence-electron chi connectivity index (χ2n) is 7.00. The number of carbonyl (C=O) groups excluding carboxylic acids is 1. The SMILES string of the molecule is CCCn1c(SCC(=O)N2N=C(c3ccc(OC)cc3)C[C@H]2c2ccco2)n[nH]c1=O. The lowest BCUT2D eigenvalue weighted by atomic mass is 10.0. The Balaban J connectivity index is 1.54. The van der Waals surface area contributed by atoms with Gasteiger partial charge in [0.05, 0.1) is 24.8 Å². The number of hydrazone groups is 1. The maximum Gasteiger partial charge on any atom is 0.343 e. The molecule has 162 valence electrons. The van der Waals surface area contributed by atoms with Crippen LogP contribution in [0.4, 0.5) is 0 Å². The number of nitrogens with one attached hydrogen (secondary N) is 1. The molecular weight excluding hydrogens is 418 g/mol. The number of thioether (sulfide) groups is 1. The zero-order valence-corrected chi connectivity index (χ0v) is 18.1. The van der Waals surface area contributed by atoms with Crippen LogP contribution in [0.15, 0.2) is 62.1 Å². The molecule has 0 bridgehead atoms. The molecule has 1 amide bonds. The number of nitrogens with zero attached hydrogens (tertiary/aromatic N) is 4. The fourth-order valence-electron chi connectivity index (χ4n) is 3.43. The number of rotatable bonds is 8. The topological polar surface area (TPSA) is 106 Å². The van der Waals surface area contributed by atoms with E-state index in [2.05, 4.69) is 15.3 Å². The van der Waals surface area contributed by atoms with E-state index in [4.69, 9.17) is 9.15 Å². The monoisotopic (exact) mass is 441 g/mol. The van der Waals surface area contributed by atoms with E-state index in [-0.39, 0.29) is 23.4 Å². The van der Waals surface area contributed by atoms with E-state index in [0.29, 0.717) is 23.9 Å². The van der Waals surface area contributed by atoms with Gasteiger partial charge in [-0.2, -0.15) is 5.10 Å². The van der Waals surface area contributed by atoms with Crippen molar-refractivity contribution < 1.29 is 13.9 Å². The summed E-state index contributed by atoms with van der Waals surface area (Å²) in [6, 6.07) is 10.9. The number of benzene rings is 1. The molecule has 10 heteroatoms. The van der Waals surface area contributed by atoms with E-state index in [1.54, 1.807) is 19.4 Å². The molecule has 1 aliphatic rings. The molecule has 1 aliphatic heterocycles. The highest BCUT2D eigenvalue weighted by Gasteiger charge is 2.35. The Bertz CT molecular complexity index is 1120. The van der Waals surface area contributed by atoms with Crippen molar-refractivity contribution in [3.63, 3.8) is 0 Å². The van der Waals surface area contributed by atoms with Gasteiger partial charge in [-0.3, -0.25) is 9.36 Å². The molecule has 0 saturated carbocycles. The van der Waals surface area contributed by atoms with Crippen molar-refractivity contribution in [3.05, 3.63) is 64.5 Å². The lowest BCUT2D eigenvalue weighted by Crippen LogP contribution is -2.28. The van der Waals surface area contributed by atoms with Gasteiger partial charge in [0.15, 0.2) is 5.16 Å². The van der Waals surface area contributed by atoms with Crippen molar-refractivity contribution in [2.45, 2.75) is 37.5 Å². The number of furan rings is 1. The van der Waals surface area contributed by atoms with Gasteiger partial charge in [0, 0.05) is 13.0 Å². The zero-order valence-electron chi connectivity index (χ0n) is 17.3. The van der Waals surface area contributed by atoms with Gasteiger partial charge in [0.2, 0.25) is 0 Å². The molecule has 4 rings (SSSR count). The Morgan fingerprint density at radius 1 is 1.32 bits per heavy atom. The Kier molecular flexibility index (Phi) is 6.26. The smallest absolute Gasteiger partial charge is 0.343 e. The van der Waals surface area contributed by atoms with Crippen molar-refractivity contribution in [2.75, 3.05) is 12.9 Å². The summed E-state index contributed by atoms with van der Waals surface area (Å²) in [6.45, 7) is 2.52. The summed E-state index contributed by atoms with van der Waals surface area (Å²) in [7, 11) is 1.62. The first-order chi connectivity index (χ1) is 15.1. The zero-order chi connectivity index (χ0) is 21.8. The number of amides is 1. The van der Waals surface area contributed by atoms with Crippen molar-refractivity contribution >= 4 is 23.4 Å². The van der Waals surface area contributed by atoms with Crippen molar-refractivity contribution in [1.29, 1.82) is 0 Å². The number of methoxy groups -OCH3 is 1. The fraction of sp³-hybridized carbons (Fsp3) is 0.333. The largest absolute Gasteiger partial charge is 0.497 e. The van der Waals surface area contributed by atoms with E-state index in [1.165, 1.54) is 21.3 Å². The second-order valence-corrected chi connectivity index (χ2v) is 7.94. The highest BCUT2D eigenvalue weighted by molar-refractivity contribution is 7.99. The molecule has 0 unspecified atom stereocenters.